The number of hydrogen-bond donors (Lipinski definition) is 2. The maximum atomic E-state index is 7.77. The molecule has 0 atom stereocenters. The Morgan fingerprint density at radius 2 is 1.96 bits per heavy atom. The second-order valence-corrected chi connectivity index (χ2v) is 5.13. The first kappa shape index (κ1) is 14.8. The third-order valence-corrected chi connectivity index (χ3v) is 3.71. The molecule has 6 heteroatoms. The molecule has 0 saturated heterocycles. The predicted molar refractivity (Wildman–Crippen MR) is 89.9 cm³/mol. The third-order valence-electron chi connectivity index (χ3n) is 3.71. The zero-order valence-corrected chi connectivity index (χ0v) is 12.7. The number of amidine groups is 1. The molecule has 6 nitrogen and oxygen atoms in total. The number of rotatable bonds is 4. The van der Waals surface area contributed by atoms with E-state index in [4.69, 9.17) is 16.0 Å². The molecule has 1 aromatic heterocycles. The molecule has 0 fully saturated rings. The second kappa shape index (κ2) is 6.31. The number of nitrogens with one attached hydrogen (secondary N) is 1. The van der Waals surface area contributed by atoms with Crippen molar-refractivity contribution >= 4 is 16.7 Å². The van der Waals surface area contributed by atoms with Crippen LogP contribution < -0.4 is 10.6 Å². The Balaban J connectivity index is 1.88. The third kappa shape index (κ3) is 3.06. The summed E-state index contributed by atoms with van der Waals surface area (Å²) < 4.78 is 7.34. The fraction of sp³-hybridized carbons (Fsp3) is 0.118. The van der Waals surface area contributed by atoms with E-state index in [1.54, 1.807) is 7.11 Å². The lowest BCUT2D eigenvalue weighted by molar-refractivity contribution is 0.414. The monoisotopic (exact) mass is 307 g/mol. The molecule has 0 saturated carbocycles. The van der Waals surface area contributed by atoms with Crippen molar-refractivity contribution < 1.29 is 4.74 Å². The number of fused-ring (bicyclic) bond motifs is 1. The minimum atomic E-state index is 0.0531. The van der Waals surface area contributed by atoms with E-state index in [0.717, 1.165) is 23.2 Å². The Morgan fingerprint density at radius 3 is 2.65 bits per heavy atom. The van der Waals surface area contributed by atoms with Crippen molar-refractivity contribution in [1.29, 1.82) is 5.41 Å². The van der Waals surface area contributed by atoms with Gasteiger partial charge in [-0.15, -0.1) is 5.11 Å². The molecule has 0 spiro atoms. The molecular weight excluding hydrogens is 290 g/mol. The maximum Gasteiger partial charge on any atom is 0.176 e. The Hall–Kier alpha value is -3.15. The van der Waals surface area contributed by atoms with E-state index in [2.05, 4.69) is 27.0 Å². The van der Waals surface area contributed by atoms with E-state index >= 15 is 0 Å². The standard InChI is InChI=1S/C17H17N5O/c1-23-15-5-2-12(3-6-15)11-22-9-8-13-10-14(4-7-16(13)22)17(18)20-21-19/h2-10H,11H2,1H3,(H3,18,19,20). The van der Waals surface area contributed by atoms with E-state index in [0.29, 0.717) is 5.56 Å². The first-order valence-electron chi connectivity index (χ1n) is 7.13. The maximum absolute atomic E-state index is 7.77. The van der Waals surface area contributed by atoms with Gasteiger partial charge < -0.3 is 15.1 Å². The summed E-state index contributed by atoms with van der Waals surface area (Å²) in [5, 5.41) is 15.5. The van der Waals surface area contributed by atoms with Gasteiger partial charge in [-0.05, 0) is 42.0 Å². The van der Waals surface area contributed by atoms with Gasteiger partial charge in [-0.2, -0.15) is 0 Å². The number of benzene rings is 2. The van der Waals surface area contributed by atoms with Gasteiger partial charge in [0.25, 0.3) is 0 Å². The normalized spacial score (nSPS) is 11.2. The number of aromatic nitrogens is 1. The number of methoxy groups -OCH3 is 1. The fourth-order valence-electron chi connectivity index (χ4n) is 2.53. The number of nitrogens with two attached hydrogens (primary N) is 1. The highest BCUT2D eigenvalue weighted by Crippen LogP contribution is 2.20. The lowest BCUT2D eigenvalue weighted by Gasteiger charge is -2.07. The van der Waals surface area contributed by atoms with Crippen molar-refractivity contribution in [3.63, 3.8) is 0 Å². The van der Waals surface area contributed by atoms with E-state index in [-0.39, 0.29) is 5.84 Å². The summed E-state index contributed by atoms with van der Waals surface area (Å²) in [7, 11) is 1.66. The van der Waals surface area contributed by atoms with Crippen molar-refractivity contribution in [2.24, 2.45) is 16.2 Å². The van der Waals surface area contributed by atoms with Gasteiger partial charge in [0.1, 0.15) is 5.75 Å². The van der Waals surface area contributed by atoms with Crippen LogP contribution in [0.5, 0.6) is 5.75 Å². The van der Waals surface area contributed by atoms with Crippen molar-refractivity contribution in [2.75, 3.05) is 7.11 Å². The average Bonchev–Trinajstić information content (AvgIpc) is 2.98. The zero-order valence-electron chi connectivity index (χ0n) is 12.7. The molecule has 23 heavy (non-hydrogen) atoms. The average molecular weight is 307 g/mol. The summed E-state index contributed by atoms with van der Waals surface area (Å²) in [6.45, 7) is 0.771. The van der Waals surface area contributed by atoms with Crippen molar-refractivity contribution in [1.82, 2.24) is 4.57 Å². The largest absolute Gasteiger partial charge is 0.497 e. The summed E-state index contributed by atoms with van der Waals surface area (Å²) in [6.07, 6.45) is 2.03. The Morgan fingerprint density at radius 1 is 1.17 bits per heavy atom. The van der Waals surface area contributed by atoms with Gasteiger partial charge >= 0.3 is 0 Å². The summed E-state index contributed by atoms with van der Waals surface area (Å²) in [5.41, 5.74) is 2.98. The van der Waals surface area contributed by atoms with Crippen LogP contribution >= 0.6 is 0 Å². The fourth-order valence-corrected chi connectivity index (χ4v) is 2.53. The summed E-state index contributed by atoms with van der Waals surface area (Å²) in [5.74, 6) is 5.90. The van der Waals surface area contributed by atoms with Crippen LogP contribution in [0.1, 0.15) is 11.1 Å². The quantitative estimate of drug-likeness (QED) is 0.254. The molecular formula is C17H17N5O. The molecule has 0 unspecified atom stereocenters. The van der Waals surface area contributed by atoms with Crippen LogP contribution in [0.3, 0.4) is 0 Å². The Labute approximate surface area is 133 Å². The van der Waals surface area contributed by atoms with Gasteiger partial charge in [-0.25, -0.2) is 0 Å². The first-order chi connectivity index (χ1) is 11.2. The minimum absolute atomic E-state index is 0.0531. The second-order valence-electron chi connectivity index (χ2n) is 5.13. The molecule has 0 bridgehead atoms. The molecule has 3 N–H and O–H groups in total. The van der Waals surface area contributed by atoms with E-state index in [1.165, 1.54) is 5.56 Å². The van der Waals surface area contributed by atoms with Crippen LogP contribution in [-0.2, 0) is 6.54 Å². The highest BCUT2D eigenvalue weighted by Gasteiger charge is 2.06. The SMILES string of the molecule is COc1ccc(Cn2ccc3cc(C(=N)N=NN)ccc32)cc1. The Kier molecular flexibility index (Phi) is 4.05. The summed E-state index contributed by atoms with van der Waals surface area (Å²) in [6, 6.07) is 15.8. The molecule has 0 amide bonds. The lowest BCUT2D eigenvalue weighted by atomic mass is 10.1. The van der Waals surface area contributed by atoms with Crippen LogP contribution in [-0.4, -0.2) is 17.5 Å². The summed E-state index contributed by atoms with van der Waals surface area (Å²) in [4.78, 5) is 0. The molecule has 0 aliphatic carbocycles. The molecule has 2 aromatic carbocycles. The highest BCUT2D eigenvalue weighted by molar-refractivity contribution is 6.00. The van der Waals surface area contributed by atoms with Gasteiger partial charge in [0.2, 0.25) is 0 Å². The van der Waals surface area contributed by atoms with Gasteiger partial charge in [-0.1, -0.05) is 17.4 Å². The molecule has 116 valence electrons. The molecule has 0 aliphatic heterocycles. The number of ether oxygens (including phenoxy) is 1. The van der Waals surface area contributed by atoms with E-state index in [9.17, 15) is 0 Å². The van der Waals surface area contributed by atoms with Crippen LogP contribution in [0.2, 0.25) is 0 Å². The summed E-state index contributed by atoms with van der Waals surface area (Å²) >= 11 is 0. The van der Waals surface area contributed by atoms with Crippen LogP contribution in [0.15, 0.2) is 65.1 Å². The van der Waals surface area contributed by atoms with Crippen LogP contribution in [0.25, 0.3) is 10.9 Å². The minimum Gasteiger partial charge on any atom is -0.497 e. The van der Waals surface area contributed by atoms with Gasteiger partial charge in [0, 0.05) is 29.2 Å². The van der Waals surface area contributed by atoms with Gasteiger partial charge in [-0.3, -0.25) is 5.41 Å². The Bertz CT molecular complexity index is 864. The zero-order chi connectivity index (χ0) is 16.2. The smallest absolute Gasteiger partial charge is 0.176 e. The molecule has 3 rings (SSSR count). The van der Waals surface area contributed by atoms with Gasteiger partial charge in [0.05, 0.1) is 7.11 Å². The van der Waals surface area contributed by atoms with Crippen molar-refractivity contribution in [3.05, 3.63) is 65.9 Å². The molecule has 0 aliphatic rings. The topological polar surface area (TPSA) is 88.8 Å². The van der Waals surface area contributed by atoms with Crippen molar-refractivity contribution in [3.8, 4) is 5.75 Å². The number of nitrogens with zero attached hydrogens (tertiary/aromatic N) is 3. The van der Waals surface area contributed by atoms with Gasteiger partial charge in [0.15, 0.2) is 5.84 Å². The first-order valence-corrected chi connectivity index (χ1v) is 7.13. The molecule has 0 radical (unpaired) electrons. The van der Waals surface area contributed by atoms with E-state index < -0.39 is 0 Å². The highest BCUT2D eigenvalue weighted by atomic mass is 16.5. The number of hydrogen-bond acceptors (Lipinski definition) is 3. The molecule has 3 aromatic rings. The lowest BCUT2D eigenvalue weighted by Crippen LogP contribution is -1.99. The van der Waals surface area contributed by atoms with Crippen LogP contribution in [0.4, 0.5) is 0 Å². The predicted octanol–water partition coefficient (Wildman–Crippen LogP) is 3.35. The van der Waals surface area contributed by atoms with Crippen LogP contribution in [0, 0.1) is 5.41 Å². The van der Waals surface area contributed by atoms with Crippen molar-refractivity contribution in [2.45, 2.75) is 6.54 Å². The van der Waals surface area contributed by atoms with E-state index in [1.807, 2.05) is 42.6 Å². The molecule has 1 heterocycles.